The van der Waals surface area contributed by atoms with Crippen molar-refractivity contribution in [3.8, 4) is 0 Å². The summed E-state index contributed by atoms with van der Waals surface area (Å²) >= 11 is 12.8. The van der Waals surface area contributed by atoms with Crippen molar-refractivity contribution in [2.75, 3.05) is 12.4 Å². The highest BCUT2D eigenvalue weighted by atomic mass is 35.5. The van der Waals surface area contributed by atoms with Gasteiger partial charge in [0.25, 0.3) is 11.5 Å². The number of carbonyl (C=O) groups excluding carboxylic acids is 1. The minimum Gasteiger partial charge on any atom is -0.355 e. The minimum absolute atomic E-state index is 0.0311. The molecule has 8 heteroatoms. The van der Waals surface area contributed by atoms with Gasteiger partial charge in [0.2, 0.25) is 0 Å². The molecule has 0 unspecified atom stereocenters. The number of hydrogen-bond acceptors (Lipinski definition) is 4. The van der Waals surface area contributed by atoms with Gasteiger partial charge in [0.1, 0.15) is 10.6 Å². The summed E-state index contributed by atoms with van der Waals surface area (Å²) in [4.78, 5) is 23.2. The van der Waals surface area contributed by atoms with Gasteiger partial charge in [0.05, 0.1) is 0 Å². The molecule has 0 saturated carbocycles. The van der Waals surface area contributed by atoms with Crippen LogP contribution in [0.1, 0.15) is 10.4 Å². The van der Waals surface area contributed by atoms with Crippen molar-refractivity contribution in [3.05, 3.63) is 44.2 Å². The van der Waals surface area contributed by atoms with Crippen LogP contribution in [-0.4, -0.2) is 17.3 Å². The van der Waals surface area contributed by atoms with Crippen LogP contribution in [0.5, 0.6) is 0 Å². The normalized spacial score (nSPS) is 10.3. The van der Waals surface area contributed by atoms with Crippen LogP contribution >= 0.6 is 34.7 Å². The van der Waals surface area contributed by atoms with Gasteiger partial charge in [-0.15, -0.1) is 0 Å². The summed E-state index contributed by atoms with van der Waals surface area (Å²) in [5, 5.41) is 6.68. The number of nitrogens with one attached hydrogen (secondary N) is 3. The van der Waals surface area contributed by atoms with Crippen molar-refractivity contribution in [1.29, 1.82) is 0 Å². The van der Waals surface area contributed by atoms with E-state index in [1.165, 1.54) is 7.05 Å². The van der Waals surface area contributed by atoms with Gasteiger partial charge in [-0.3, -0.25) is 14.0 Å². The number of amides is 1. The van der Waals surface area contributed by atoms with Crippen molar-refractivity contribution in [2.45, 2.75) is 0 Å². The number of carbonyl (C=O) groups is 1. The Kier molecular flexibility index (Phi) is 4.14. The fraction of sp³-hybridized carbons (Fsp3) is 0.0909. The molecule has 5 nitrogen and oxygen atoms in total. The Bertz CT molecular complexity index is 661. The first-order valence-electron chi connectivity index (χ1n) is 5.18. The molecule has 0 saturated heterocycles. The monoisotopic (exact) mass is 317 g/mol. The molecule has 1 amide bonds. The van der Waals surface area contributed by atoms with E-state index in [2.05, 4.69) is 15.0 Å². The lowest BCUT2D eigenvalue weighted by molar-refractivity contribution is 0.0963. The lowest BCUT2D eigenvalue weighted by atomic mass is 10.3. The van der Waals surface area contributed by atoms with Gasteiger partial charge in [-0.2, -0.15) is 0 Å². The minimum atomic E-state index is -0.460. The summed E-state index contributed by atoms with van der Waals surface area (Å²) in [5.74, 6) is -0.460. The number of H-pyrrole nitrogens is 1. The standard InChI is InChI=1S/C11H9Cl2N3O2S/c1-14-9(17)8-10(18)16-19-11(8)15-7-3-5(12)2-6(13)4-7/h2-4,15H,1H3,(H,14,17)(H,16,18). The molecule has 1 aromatic carbocycles. The lowest BCUT2D eigenvalue weighted by Crippen LogP contribution is -2.24. The van der Waals surface area contributed by atoms with Gasteiger partial charge in [-0.25, -0.2) is 0 Å². The van der Waals surface area contributed by atoms with Crippen LogP contribution in [0.25, 0.3) is 0 Å². The van der Waals surface area contributed by atoms with E-state index in [1.807, 2.05) is 0 Å². The van der Waals surface area contributed by atoms with Crippen LogP contribution < -0.4 is 16.2 Å². The molecule has 0 aliphatic heterocycles. The van der Waals surface area contributed by atoms with E-state index >= 15 is 0 Å². The summed E-state index contributed by atoms with van der Waals surface area (Å²) < 4.78 is 2.50. The van der Waals surface area contributed by atoms with Gasteiger partial charge in [-0.05, 0) is 29.7 Å². The highest BCUT2D eigenvalue weighted by Gasteiger charge is 2.17. The van der Waals surface area contributed by atoms with E-state index in [9.17, 15) is 9.59 Å². The Morgan fingerprint density at radius 3 is 2.47 bits per heavy atom. The Morgan fingerprint density at radius 2 is 1.89 bits per heavy atom. The van der Waals surface area contributed by atoms with Gasteiger partial charge < -0.3 is 10.6 Å². The molecule has 1 aromatic heterocycles. The lowest BCUT2D eigenvalue weighted by Gasteiger charge is -2.06. The SMILES string of the molecule is CNC(=O)c1c(Nc2cc(Cl)cc(Cl)c2)s[nH]c1=O. The van der Waals surface area contributed by atoms with E-state index < -0.39 is 11.5 Å². The fourth-order valence-corrected chi connectivity index (χ4v) is 2.76. The van der Waals surface area contributed by atoms with Crippen molar-refractivity contribution in [2.24, 2.45) is 0 Å². The highest BCUT2D eigenvalue weighted by Crippen LogP contribution is 2.27. The Hall–Kier alpha value is -1.50. The zero-order chi connectivity index (χ0) is 14.0. The maximum atomic E-state index is 11.6. The Balaban J connectivity index is 2.39. The van der Waals surface area contributed by atoms with Crippen LogP contribution in [0, 0.1) is 0 Å². The summed E-state index contributed by atoms with van der Waals surface area (Å²) in [6.45, 7) is 0. The van der Waals surface area contributed by atoms with Crippen LogP contribution in [-0.2, 0) is 0 Å². The van der Waals surface area contributed by atoms with Crippen LogP contribution in [0.4, 0.5) is 10.7 Å². The predicted octanol–water partition coefficient (Wildman–Crippen LogP) is 2.85. The topological polar surface area (TPSA) is 74.0 Å². The van der Waals surface area contributed by atoms with Gasteiger partial charge in [0, 0.05) is 22.8 Å². The Labute approximate surface area is 122 Å². The third-order valence-electron chi connectivity index (χ3n) is 2.27. The number of anilines is 2. The van der Waals surface area contributed by atoms with E-state index in [4.69, 9.17) is 23.2 Å². The predicted molar refractivity (Wildman–Crippen MR) is 78.1 cm³/mol. The van der Waals surface area contributed by atoms with Gasteiger partial charge in [0.15, 0.2) is 0 Å². The molecule has 1 heterocycles. The average Bonchev–Trinajstić information content (AvgIpc) is 2.68. The zero-order valence-corrected chi connectivity index (χ0v) is 12.0. The zero-order valence-electron chi connectivity index (χ0n) is 9.71. The average molecular weight is 318 g/mol. The molecule has 0 bridgehead atoms. The number of benzene rings is 1. The molecular formula is C11H9Cl2N3O2S. The molecule has 0 aliphatic carbocycles. The molecule has 0 atom stereocenters. The molecule has 2 rings (SSSR count). The van der Waals surface area contributed by atoms with Crippen LogP contribution in [0.2, 0.25) is 10.0 Å². The fourth-order valence-electron chi connectivity index (χ4n) is 1.48. The second kappa shape index (κ2) is 5.64. The van der Waals surface area contributed by atoms with E-state index in [1.54, 1.807) is 18.2 Å². The molecule has 3 N–H and O–H groups in total. The van der Waals surface area contributed by atoms with Gasteiger partial charge in [-0.1, -0.05) is 23.2 Å². The number of aromatic amines is 1. The van der Waals surface area contributed by atoms with Crippen LogP contribution in [0.15, 0.2) is 23.0 Å². The molecule has 19 heavy (non-hydrogen) atoms. The Morgan fingerprint density at radius 1 is 1.26 bits per heavy atom. The summed E-state index contributed by atoms with van der Waals surface area (Å²) in [5.41, 5.74) is 0.182. The second-order valence-electron chi connectivity index (χ2n) is 3.60. The largest absolute Gasteiger partial charge is 0.355 e. The first-order chi connectivity index (χ1) is 9.01. The number of halogens is 2. The molecule has 0 radical (unpaired) electrons. The summed E-state index contributed by atoms with van der Waals surface area (Å²) in [6, 6.07) is 4.88. The van der Waals surface area contributed by atoms with Gasteiger partial charge >= 0.3 is 0 Å². The molecule has 0 spiro atoms. The number of hydrogen-bond donors (Lipinski definition) is 3. The van der Waals surface area contributed by atoms with Crippen molar-refractivity contribution >= 4 is 51.3 Å². The first-order valence-corrected chi connectivity index (χ1v) is 6.75. The maximum absolute atomic E-state index is 11.6. The first kappa shape index (κ1) is 13.9. The van der Waals surface area contributed by atoms with Crippen molar-refractivity contribution in [3.63, 3.8) is 0 Å². The van der Waals surface area contributed by atoms with E-state index in [0.29, 0.717) is 20.7 Å². The highest BCUT2D eigenvalue weighted by molar-refractivity contribution is 7.10. The third kappa shape index (κ3) is 3.09. The van der Waals surface area contributed by atoms with E-state index in [0.717, 1.165) is 11.5 Å². The quantitative estimate of drug-likeness (QED) is 0.815. The van der Waals surface area contributed by atoms with Crippen molar-refractivity contribution < 1.29 is 4.79 Å². The third-order valence-corrected chi connectivity index (χ3v) is 3.51. The molecule has 100 valence electrons. The number of rotatable bonds is 3. The molecule has 0 aliphatic rings. The van der Waals surface area contributed by atoms with Crippen molar-refractivity contribution in [1.82, 2.24) is 9.69 Å². The molecular weight excluding hydrogens is 309 g/mol. The summed E-state index contributed by atoms with van der Waals surface area (Å²) in [7, 11) is 1.46. The summed E-state index contributed by atoms with van der Waals surface area (Å²) in [6.07, 6.45) is 0. The second-order valence-corrected chi connectivity index (χ2v) is 5.29. The smallest absolute Gasteiger partial charge is 0.273 e. The number of aromatic nitrogens is 1. The van der Waals surface area contributed by atoms with Crippen LogP contribution in [0.3, 0.4) is 0 Å². The molecule has 2 aromatic rings. The molecule has 0 fully saturated rings. The van der Waals surface area contributed by atoms with E-state index in [-0.39, 0.29) is 5.56 Å². The maximum Gasteiger partial charge on any atom is 0.273 e.